The zero-order valence-corrected chi connectivity index (χ0v) is 16.6. The van der Waals surface area contributed by atoms with Crippen LogP contribution in [0.5, 0.6) is 5.75 Å². The molecule has 0 spiro atoms. The van der Waals surface area contributed by atoms with Crippen molar-refractivity contribution in [3.05, 3.63) is 57.9 Å². The van der Waals surface area contributed by atoms with E-state index in [1.807, 2.05) is 4.90 Å². The number of halogens is 1. The highest BCUT2D eigenvalue weighted by molar-refractivity contribution is 6.05. The van der Waals surface area contributed by atoms with Gasteiger partial charge in [0.2, 0.25) is 5.91 Å². The summed E-state index contributed by atoms with van der Waals surface area (Å²) in [6, 6.07) is 8.14. The number of hydrogen-bond donors (Lipinski definition) is 1. The van der Waals surface area contributed by atoms with Crippen LogP contribution in [0.4, 0.5) is 21.5 Å². The zero-order chi connectivity index (χ0) is 21.8. The second-order valence-electron chi connectivity index (χ2n) is 6.76. The van der Waals surface area contributed by atoms with Crippen molar-refractivity contribution in [2.45, 2.75) is 6.92 Å². The minimum absolute atomic E-state index is 0.0360. The van der Waals surface area contributed by atoms with E-state index < -0.39 is 16.6 Å². The van der Waals surface area contributed by atoms with Gasteiger partial charge in [-0.05, 0) is 24.3 Å². The predicted molar refractivity (Wildman–Crippen MR) is 108 cm³/mol. The van der Waals surface area contributed by atoms with Crippen molar-refractivity contribution in [2.75, 3.05) is 43.5 Å². The average molecular weight is 416 g/mol. The molecule has 2 aromatic rings. The topological polar surface area (TPSA) is 105 Å². The first-order valence-electron chi connectivity index (χ1n) is 9.24. The molecule has 1 aliphatic heterocycles. The molecule has 1 fully saturated rings. The number of nitrogens with zero attached hydrogens (tertiary/aromatic N) is 3. The van der Waals surface area contributed by atoms with Crippen LogP contribution in [0, 0.1) is 15.9 Å². The van der Waals surface area contributed by atoms with Crippen LogP contribution < -0.4 is 15.0 Å². The summed E-state index contributed by atoms with van der Waals surface area (Å²) in [5.74, 6) is -1.24. The number of piperazine rings is 1. The Hall–Kier alpha value is -3.69. The lowest BCUT2D eigenvalue weighted by atomic mass is 10.1. The second-order valence-corrected chi connectivity index (χ2v) is 6.76. The number of carbonyl (C=O) groups is 2. The third-order valence-electron chi connectivity index (χ3n) is 4.91. The summed E-state index contributed by atoms with van der Waals surface area (Å²) in [5, 5.41) is 14.1. The van der Waals surface area contributed by atoms with Crippen molar-refractivity contribution in [1.29, 1.82) is 0 Å². The Balaban J connectivity index is 1.79. The van der Waals surface area contributed by atoms with Gasteiger partial charge in [0.15, 0.2) is 11.6 Å². The Morgan fingerprint density at radius 3 is 2.40 bits per heavy atom. The fourth-order valence-corrected chi connectivity index (χ4v) is 3.29. The molecule has 158 valence electrons. The Bertz CT molecular complexity index is 989. The summed E-state index contributed by atoms with van der Waals surface area (Å²) < 4.78 is 18.6. The highest BCUT2D eigenvalue weighted by Gasteiger charge is 2.26. The van der Waals surface area contributed by atoms with E-state index in [0.717, 1.165) is 6.07 Å². The number of nitrogens with one attached hydrogen (secondary N) is 1. The molecule has 0 aliphatic carbocycles. The maximum atomic E-state index is 13.8. The Kier molecular flexibility index (Phi) is 6.14. The Morgan fingerprint density at radius 2 is 1.83 bits per heavy atom. The maximum absolute atomic E-state index is 13.8. The molecular weight excluding hydrogens is 395 g/mol. The van der Waals surface area contributed by atoms with Gasteiger partial charge in [-0.3, -0.25) is 19.7 Å². The van der Waals surface area contributed by atoms with Gasteiger partial charge in [0.1, 0.15) is 5.69 Å². The minimum atomic E-state index is -0.638. The lowest BCUT2D eigenvalue weighted by Crippen LogP contribution is -2.48. The molecule has 1 saturated heterocycles. The first kappa shape index (κ1) is 21.0. The van der Waals surface area contributed by atoms with Gasteiger partial charge in [-0.15, -0.1) is 0 Å². The fourth-order valence-electron chi connectivity index (χ4n) is 3.29. The number of nitro groups is 1. The summed E-state index contributed by atoms with van der Waals surface area (Å²) in [4.78, 5) is 38.5. The number of methoxy groups -OCH3 is 1. The van der Waals surface area contributed by atoms with Gasteiger partial charge < -0.3 is 19.9 Å². The van der Waals surface area contributed by atoms with E-state index in [1.54, 1.807) is 4.90 Å². The van der Waals surface area contributed by atoms with Gasteiger partial charge in [0, 0.05) is 56.5 Å². The fraction of sp³-hybridized carbons (Fsp3) is 0.300. The normalized spacial score (nSPS) is 13.7. The van der Waals surface area contributed by atoms with Crippen LogP contribution in [0.2, 0.25) is 0 Å². The molecule has 0 radical (unpaired) electrons. The SMILES string of the molecule is COc1ccc(NC(=O)c2ccc(N3CCN(C(C)=O)CC3)c([N+](=O)[O-])c2)cc1F. The van der Waals surface area contributed by atoms with Crippen LogP contribution in [0.1, 0.15) is 17.3 Å². The molecule has 3 rings (SSSR count). The van der Waals surface area contributed by atoms with Crippen LogP contribution in [0.3, 0.4) is 0 Å². The number of carbonyl (C=O) groups excluding carboxylic acids is 2. The smallest absolute Gasteiger partial charge is 0.293 e. The van der Waals surface area contributed by atoms with Crippen LogP contribution in [0.15, 0.2) is 36.4 Å². The average Bonchev–Trinajstić information content (AvgIpc) is 2.73. The van der Waals surface area contributed by atoms with Crippen molar-refractivity contribution in [3.63, 3.8) is 0 Å². The number of benzene rings is 2. The molecule has 0 atom stereocenters. The molecular formula is C20H21FN4O5. The molecule has 2 amide bonds. The largest absolute Gasteiger partial charge is 0.494 e. The lowest BCUT2D eigenvalue weighted by molar-refractivity contribution is -0.384. The van der Waals surface area contributed by atoms with E-state index >= 15 is 0 Å². The van der Waals surface area contributed by atoms with E-state index in [0.29, 0.717) is 31.9 Å². The van der Waals surface area contributed by atoms with Gasteiger partial charge in [-0.25, -0.2) is 4.39 Å². The van der Waals surface area contributed by atoms with Gasteiger partial charge in [-0.1, -0.05) is 0 Å². The van der Waals surface area contributed by atoms with E-state index in [2.05, 4.69) is 5.32 Å². The molecule has 10 heteroatoms. The third kappa shape index (κ3) is 4.48. The first-order valence-corrected chi connectivity index (χ1v) is 9.24. The van der Waals surface area contributed by atoms with Gasteiger partial charge in [0.05, 0.1) is 12.0 Å². The van der Waals surface area contributed by atoms with Crippen molar-refractivity contribution < 1.29 is 23.6 Å². The van der Waals surface area contributed by atoms with Crippen molar-refractivity contribution in [3.8, 4) is 5.75 Å². The number of amides is 2. The number of anilines is 2. The van der Waals surface area contributed by atoms with Crippen molar-refractivity contribution in [1.82, 2.24) is 4.90 Å². The molecule has 1 heterocycles. The standard InChI is InChI=1S/C20H21FN4O5/c1-13(26)23-7-9-24(10-8-23)17-5-3-14(11-18(17)25(28)29)20(27)22-15-4-6-19(30-2)16(21)12-15/h3-6,11-12H,7-10H2,1-2H3,(H,22,27). The summed E-state index contributed by atoms with van der Waals surface area (Å²) in [7, 11) is 1.33. The quantitative estimate of drug-likeness (QED) is 0.594. The Labute approximate surface area is 172 Å². The van der Waals surface area contributed by atoms with Crippen molar-refractivity contribution >= 4 is 28.9 Å². The second kappa shape index (κ2) is 8.76. The highest BCUT2D eigenvalue weighted by Crippen LogP contribution is 2.30. The molecule has 1 aliphatic rings. The summed E-state index contributed by atoms with van der Waals surface area (Å²) >= 11 is 0. The van der Waals surface area contributed by atoms with Gasteiger partial charge in [-0.2, -0.15) is 0 Å². The maximum Gasteiger partial charge on any atom is 0.293 e. The molecule has 30 heavy (non-hydrogen) atoms. The van der Waals surface area contributed by atoms with Crippen LogP contribution in [-0.4, -0.2) is 54.9 Å². The minimum Gasteiger partial charge on any atom is -0.494 e. The van der Waals surface area contributed by atoms with E-state index in [9.17, 15) is 24.1 Å². The zero-order valence-electron chi connectivity index (χ0n) is 16.6. The predicted octanol–water partition coefficient (Wildman–Crippen LogP) is 2.66. The molecule has 0 bridgehead atoms. The van der Waals surface area contributed by atoms with E-state index in [-0.39, 0.29) is 28.6 Å². The van der Waals surface area contributed by atoms with Crippen LogP contribution >= 0.6 is 0 Å². The number of ether oxygens (including phenoxy) is 1. The number of rotatable bonds is 5. The third-order valence-corrected chi connectivity index (χ3v) is 4.91. The molecule has 0 aromatic heterocycles. The van der Waals surface area contributed by atoms with Gasteiger partial charge >= 0.3 is 0 Å². The molecule has 1 N–H and O–H groups in total. The first-order chi connectivity index (χ1) is 14.3. The monoisotopic (exact) mass is 416 g/mol. The van der Waals surface area contributed by atoms with Crippen molar-refractivity contribution in [2.24, 2.45) is 0 Å². The number of nitro benzene ring substituents is 1. The molecule has 9 nitrogen and oxygen atoms in total. The summed E-state index contributed by atoms with van der Waals surface area (Å²) in [5.41, 5.74) is 0.449. The van der Waals surface area contributed by atoms with Crippen LogP contribution in [0.25, 0.3) is 0 Å². The lowest BCUT2D eigenvalue weighted by Gasteiger charge is -2.35. The van der Waals surface area contributed by atoms with E-state index in [1.165, 1.54) is 44.4 Å². The molecule has 0 unspecified atom stereocenters. The summed E-state index contributed by atoms with van der Waals surface area (Å²) in [6.45, 7) is 3.34. The molecule has 2 aromatic carbocycles. The molecule has 0 saturated carbocycles. The van der Waals surface area contributed by atoms with Crippen LogP contribution in [-0.2, 0) is 4.79 Å². The summed E-state index contributed by atoms with van der Waals surface area (Å²) in [6.07, 6.45) is 0. The highest BCUT2D eigenvalue weighted by atomic mass is 19.1. The van der Waals surface area contributed by atoms with Gasteiger partial charge in [0.25, 0.3) is 11.6 Å². The number of hydrogen-bond acceptors (Lipinski definition) is 6. The Morgan fingerprint density at radius 1 is 1.13 bits per heavy atom. The van der Waals surface area contributed by atoms with E-state index in [4.69, 9.17) is 4.74 Å².